The highest BCUT2D eigenvalue weighted by atomic mass is 32.2. The van der Waals surface area contributed by atoms with Crippen molar-refractivity contribution in [2.24, 2.45) is 17.6 Å². The summed E-state index contributed by atoms with van der Waals surface area (Å²) in [6.07, 6.45) is 2.08. The molecular formula is C15H23N3O4S. The van der Waals surface area contributed by atoms with E-state index in [1.54, 1.807) is 11.8 Å². The average Bonchev–Trinajstić information content (AvgIpc) is 3.14. The van der Waals surface area contributed by atoms with Crippen LogP contribution in [-0.2, 0) is 10.0 Å². The van der Waals surface area contributed by atoms with Gasteiger partial charge in [-0.25, -0.2) is 12.7 Å². The van der Waals surface area contributed by atoms with Crippen molar-refractivity contribution in [3.05, 3.63) is 17.4 Å². The predicted molar refractivity (Wildman–Crippen MR) is 84.4 cm³/mol. The Kier molecular flexibility index (Phi) is 4.02. The van der Waals surface area contributed by atoms with Gasteiger partial charge in [0, 0.05) is 39.3 Å². The maximum Gasteiger partial charge on any atom is 0.275 e. The molecule has 2 aliphatic rings. The van der Waals surface area contributed by atoms with Crippen LogP contribution in [0.25, 0.3) is 0 Å². The molecule has 2 heterocycles. The Bertz CT molecular complexity index is 725. The van der Waals surface area contributed by atoms with Crippen LogP contribution in [0.5, 0.6) is 0 Å². The van der Waals surface area contributed by atoms with Crippen molar-refractivity contribution in [1.82, 2.24) is 9.21 Å². The summed E-state index contributed by atoms with van der Waals surface area (Å²) in [6, 6.07) is 1.49. The number of hydrogen-bond acceptors (Lipinski definition) is 5. The molecule has 1 aliphatic heterocycles. The molecule has 3 atom stereocenters. The van der Waals surface area contributed by atoms with E-state index in [2.05, 4.69) is 0 Å². The number of rotatable bonds is 3. The van der Waals surface area contributed by atoms with Crippen LogP contribution in [0.3, 0.4) is 0 Å². The number of furan rings is 1. The largest absolute Gasteiger partial charge is 0.448 e. The van der Waals surface area contributed by atoms with Gasteiger partial charge in [0.2, 0.25) is 5.09 Å². The molecule has 7 nitrogen and oxygen atoms in total. The van der Waals surface area contributed by atoms with Gasteiger partial charge < -0.3 is 15.1 Å². The Hall–Kier alpha value is -1.38. The fourth-order valence-corrected chi connectivity index (χ4v) is 4.47. The van der Waals surface area contributed by atoms with Gasteiger partial charge in [0.05, 0.1) is 5.56 Å². The Labute approximate surface area is 136 Å². The third-order valence-electron chi connectivity index (χ3n) is 5.06. The summed E-state index contributed by atoms with van der Waals surface area (Å²) in [6.45, 7) is 2.95. The normalized spacial score (nSPS) is 27.7. The third kappa shape index (κ3) is 2.68. The zero-order chi connectivity index (χ0) is 16.9. The molecule has 0 bridgehead atoms. The van der Waals surface area contributed by atoms with Gasteiger partial charge in [-0.2, -0.15) is 0 Å². The molecule has 1 saturated heterocycles. The van der Waals surface area contributed by atoms with Crippen LogP contribution < -0.4 is 5.73 Å². The molecule has 1 aromatic heterocycles. The van der Waals surface area contributed by atoms with E-state index in [0.717, 1.165) is 17.1 Å². The Balaban J connectivity index is 1.83. The van der Waals surface area contributed by atoms with E-state index in [0.29, 0.717) is 36.2 Å². The minimum absolute atomic E-state index is 0.160. The molecule has 3 unspecified atom stereocenters. The van der Waals surface area contributed by atoms with Crippen LogP contribution >= 0.6 is 0 Å². The maximum absolute atomic E-state index is 12.7. The number of sulfonamides is 1. The summed E-state index contributed by atoms with van der Waals surface area (Å²) in [7, 11) is -0.827. The Morgan fingerprint density at radius 3 is 2.65 bits per heavy atom. The molecule has 8 heteroatoms. The molecule has 0 radical (unpaired) electrons. The van der Waals surface area contributed by atoms with Crippen LogP contribution in [0.2, 0.25) is 0 Å². The van der Waals surface area contributed by atoms with Crippen molar-refractivity contribution >= 4 is 15.9 Å². The van der Waals surface area contributed by atoms with Crippen LogP contribution in [0, 0.1) is 18.8 Å². The SMILES string of the molecule is Cc1oc(S(=O)(=O)N(C)C)cc1C(=O)N1CC2CCC(N)C2C1. The van der Waals surface area contributed by atoms with E-state index in [1.165, 1.54) is 20.2 Å². The van der Waals surface area contributed by atoms with Gasteiger partial charge in [0.15, 0.2) is 0 Å². The summed E-state index contributed by atoms with van der Waals surface area (Å²) in [5.74, 6) is 0.979. The van der Waals surface area contributed by atoms with E-state index >= 15 is 0 Å². The number of nitrogens with zero attached hydrogens (tertiary/aromatic N) is 2. The van der Waals surface area contributed by atoms with Gasteiger partial charge in [0.25, 0.3) is 15.9 Å². The van der Waals surface area contributed by atoms with Crippen LogP contribution in [-0.4, -0.2) is 56.8 Å². The maximum atomic E-state index is 12.7. The zero-order valence-electron chi connectivity index (χ0n) is 13.7. The zero-order valence-corrected chi connectivity index (χ0v) is 14.5. The first-order chi connectivity index (χ1) is 10.7. The number of hydrogen-bond donors (Lipinski definition) is 1. The van der Waals surface area contributed by atoms with Gasteiger partial charge in [-0.3, -0.25) is 4.79 Å². The minimum Gasteiger partial charge on any atom is -0.448 e. The van der Waals surface area contributed by atoms with Crippen LogP contribution in [0.4, 0.5) is 0 Å². The summed E-state index contributed by atoms with van der Waals surface area (Å²) in [5.41, 5.74) is 6.42. The average molecular weight is 341 g/mol. The number of likely N-dealkylation sites (tertiary alicyclic amines) is 1. The third-order valence-corrected chi connectivity index (χ3v) is 6.73. The molecule has 1 amide bonds. The summed E-state index contributed by atoms with van der Waals surface area (Å²) >= 11 is 0. The predicted octanol–water partition coefficient (Wildman–Crippen LogP) is 0.648. The van der Waals surface area contributed by atoms with E-state index < -0.39 is 10.0 Å². The van der Waals surface area contributed by atoms with Crippen LogP contribution in [0.15, 0.2) is 15.6 Å². The van der Waals surface area contributed by atoms with Crippen LogP contribution in [0.1, 0.15) is 29.0 Å². The minimum atomic E-state index is -3.68. The molecular weight excluding hydrogens is 318 g/mol. The van der Waals surface area contributed by atoms with Crippen molar-refractivity contribution in [2.45, 2.75) is 30.9 Å². The smallest absolute Gasteiger partial charge is 0.275 e. The number of amides is 1. The number of aryl methyl sites for hydroxylation is 1. The number of carbonyl (C=O) groups is 1. The second kappa shape index (κ2) is 5.61. The monoisotopic (exact) mass is 341 g/mol. The number of fused-ring (bicyclic) bond motifs is 1. The van der Waals surface area contributed by atoms with Gasteiger partial charge in [0.1, 0.15) is 5.76 Å². The standard InChI is InChI=1S/C15H23N3O4S/c1-9-11(6-14(22-9)23(20,21)17(2)3)15(19)18-7-10-4-5-13(16)12(10)8-18/h6,10,12-13H,4-5,7-8,16H2,1-3H3. The highest BCUT2D eigenvalue weighted by Crippen LogP contribution is 2.38. The van der Waals surface area contributed by atoms with E-state index in [9.17, 15) is 13.2 Å². The highest BCUT2D eigenvalue weighted by molar-refractivity contribution is 7.88. The molecule has 128 valence electrons. The molecule has 1 aromatic rings. The van der Waals surface area contributed by atoms with E-state index in [4.69, 9.17) is 10.2 Å². The molecule has 1 saturated carbocycles. The number of nitrogens with two attached hydrogens (primary N) is 1. The molecule has 2 N–H and O–H groups in total. The fourth-order valence-electron chi connectivity index (χ4n) is 3.62. The van der Waals surface area contributed by atoms with Crippen molar-refractivity contribution < 1.29 is 17.6 Å². The first-order valence-corrected chi connectivity index (χ1v) is 9.23. The summed E-state index contributed by atoms with van der Waals surface area (Å²) in [4.78, 5) is 14.5. The second-order valence-electron chi connectivity index (χ2n) is 6.70. The van der Waals surface area contributed by atoms with Gasteiger partial charge in [-0.05, 0) is 31.6 Å². The first kappa shape index (κ1) is 16.5. The van der Waals surface area contributed by atoms with Gasteiger partial charge >= 0.3 is 0 Å². The van der Waals surface area contributed by atoms with Crippen molar-refractivity contribution in [3.63, 3.8) is 0 Å². The lowest BCUT2D eigenvalue weighted by Crippen LogP contribution is -2.33. The fraction of sp³-hybridized carbons (Fsp3) is 0.667. The molecule has 0 spiro atoms. The summed E-state index contributed by atoms with van der Waals surface area (Å²) in [5, 5.41) is -0.195. The quantitative estimate of drug-likeness (QED) is 0.870. The topological polar surface area (TPSA) is 96.8 Å². The Morgan fingerprint density at radius 1 is 1.35 bits per heavy atom. The number of carbonyl (C=O) groups excluding carboxylic acids is 1. The van der Waals surface area contributed by atoms with Gasteiger partial charge in [-0.15, -0.1) is 0 Å². The Morgan fingerprint density at radius 2 is 2.04 bits per heavy atom. The van der Waals surface area contributed by atoms with Gasteiger partial charge in [-0.1, -0.05) is 0 Å². The molecule has 23 heavy (non-hydrogen) atoms. The van der Waals surface area contributed by atoms with E-state index in [-0.39, 0.29) is 17.0 Å². The summed E-state index contributed by atoms with van der Waals surface area (Å²) < 4.78 is 30.7. The molecule has 3 rings (SSSR count). The molecule has 0 aromatic carbocycles. The molecule has 2 fully saturated rings. The second-order valence-corrected chi connectivity index (χ2v) is 8.78. The molecule has 1 aliphatic carbocycles. The van der Waals surface area contributed by atoms with E-state index in [1.807, 2.05) is 0 Å². The lowest BCUT2D eigenvalue weighted by Gasteiger charge is -2.18. The van der Waals surface area contributed by atoms with Crippen molar-refractivity contribution in [3.8, 4) is 0 Å². The van der Waals surface area contributed by atoms with Crippen molar-refractivity contribution in [2.75, 3.05) is 27.2 Å². The lowest BCUT2D eigenvalue weighted by atomic mass is 9.98. The highest BCUT2D eigenvalue weighted by Gasteiger charge is 2.43. The first-order valence-electron chi connectivity index (χ1n) is 7.79. The van der Waals surface area contributed by atoms with Crippen molar-refractivity contribution in [1.29, 1.82) is 0 Å². The lowest BCUT2D eigenvalue weighted by molar-refractivity contribution is 0.0778.